The average molecular weight is 291 g/mol. The molecule has 0 saturated carbocycles. The molecule has 0 saturated heterocycles. The summed E-state index contributed by atoms with van der Waals surface area (Å²) in [5, 5.41) is 10.7. The van der Waals surface area contributed by atoms with Crippen LogP contribution in [0, 0.1) is 6.92 Å². The van der Waals surface area contributed by atoms with E-state index in [2.05, 4.69) is 53.7 Å². The smallest absolute Gasteiger partial charge is 0.217 e. The largest absolute Gasteiger partial charge is 0.507 e. The molecule has 1 aromatic carbocycles. The second-order valence-corrected chi connectivity index (χ2v) is 7.66. The third-order valence-corrected chi connectivity index (χ3v) is 4.02. The zero-order valence-electron chi connectivity index (χ0n) is 14.2. The molecule has 0 aliphatic heterocycles. The first kappa shape index (κ1) is 17.5. The van der Waals surface area contributed by atoms with Crippen molar-refractivity contribution in [1.82, 2.24) is 0 Å². The minimum Gasteiger partial charge on any atom is -0.507 e. The molecule has 0 spiro atoms. The standard InChI is InChI=1S/C18H29NO2/c1-12-10-13(17(2,3)4)16(21)14(11-12)18(5,6)9-7-8-15(19)20/h10-11,21H,7-9H2,1-6H3,(H2,19,20). The van der Waals surface area contributed by atoms with Crippen molar-refractivity contribution in [1.29, 1.82) is 0 Å². The van der Waals surface area contributed by atoms with Crippen molar-refractivity contribution >= 4 is 5.91 Å². The van der Waals surface area contributed by atoms with E-state index in [9.17, 15) is 9.90 Å². The maximum absolute atomic E-state index is 10.9. The van der Waals surface area contributed by atoms with Gasteiger partial charge in [-0.1, -0.05) is 52.3 Å². The summed E-state index contributed by atoms with van der Waals surface area (Å²) in [6.45, 7) is 12.6. The van der Waals surface area contributed by atoms with Gasteiger partial charge in [-0.2, -0.15) is 0 Å². The lowest BCUT2D eigenvalue weighted by molar-refractivity contribution is -0.118. The van der Waals surface area contributed by atoms with E-state index in [4.69, 9.17) is 5.73 Å². The van der Waals surface area contributed by atoms with Crippen LogP contribution in [0.3, 0.4) is 0 Å². The fourth-order valence-corrected chi connectivity index (χ4v) is 2.71. The summed E-state index contributed by atoms with van der Waals surface area (Å²) in [5.41, 5.74) is 7.99. The number of carbonyl (C=O) groups is 1. The van der Waals surface area contributed by atoms with Gasteiger partial charge in [-0.15, -0.1) is 0 Å². The Labute approximate surface area is 128 Å². The molecule has 0 radical (unpaired) electrons. The number of nitrogens with two attached hydrogens (primary N) is 1. The maximum atomic E-state index is 10.9. The second-order valence-electron chi connectivity index (χ2n) is 7.66. The predicted molar refractivity (Wildman–Crippen MR) is 87.6 cm³/mol. The molecule has 1 aromatic rings. The van der Waals surface area contributed by atoms with E-state index in [-0.39, 0.29) is 16.7 Å². The fraction of sp³-hybridized carbons (Fsp3) is 0.611. The van der Waals surface area contributed by atoms with Crippen LogP contribution < -0.4 is 5.73 Å². The van der Waals surface area contributed by atoms with Crippen LogP contribution in [-0.4, -0.2) is 11.0 Å². The van der Waals surface area contributed by atoms with Crippen molar-refractivity contribution in [3.05, 3.63) is 28.8 Å². The molecule has 0 aromatic heterocycles. The summed E-state index contributed by atoms with van der Waals surface area (Å²) in [4.78, 5) is 10.9. The topological polar surface area (TPSA) is 63.3 Å². The highest BCUT2D eigenvalue weighted by Gasteiger charge is 2.28. The van der Waals surface area contributed by atoms with Crippen LogP contribution in [0.5, 0.6) is 5.75 Å². The third-order valence-electron chi connectivity index (χ3n) is 4.02. The highest BCUT2D eigenvalue weighted by molar-refractivity contribution is 5.73. The van der Waals surface area contributed by atoms with E-state index in [0.717, 1.165) is 29.5 Å². The number of hydrogen-bond donors (Lipinski definition) is 2. The van der Waals surface area contributed by atoms with Gasteiger partial charge >= 0.3 is 0 Å². The molecule has 3 nitrogen and oxygen atoms in total. The lowest BCUT2D eigenvalue weighted by atomic mass is 9.75. The summed E-state index contributed by atoms with van der Waals surface area (Å²) < 4.78 is 0. The van der Waals surface area contributed by atoms with Crippen molar-refractivity contribution in [3.63, 3.8) is 0 Å². The molecule has 0 aliphatic carbocycles. The fourth-order valence-electron chi connectivity index (χ4n) is 2.71. The molecule has 1 rings (SSSR count). The van der Waals surface area contributed by atoms with E-state index in [1.165, 1.54) is 0 Å². The Morgan fingerprint density at radius 3 is 2.14 bits per heavy atom. The number of aromatic hydroxyl groups is 1. The van der Waals surface area contributed by atoms with Gasteiger partial charge in [0.25, 0.3) is 0 Å². The number of benzene rings is 1. The Balaban J connectivity index is 3.17. The summed E-state index contributed by atoms with van der Waals surface area (Å²) in [7, 11) is 0. The zero-order chi connectivity index (χ0) is 16.4. The number of phenols is 1. The molecule has 0 aliphatic rings. The summed E-state index contributed by atoms with van der Waals surface area (Å²) in [6, 6.07) is 4.10. The number of hydrogen-bond acceptors (Lipinski definition) is 2. The van der Waals surface area contributed by atoms with E-state index < -0.39 is 0 Å². The zero-order valence-corrected chi connectivity index (χ0v) is 14.2. The third kappa shape index (κ3) is 4.48. The predicted octanol–water partition coefficient (Wildman–Crippen LogP) is 3.93. The molecule has 3 N–H and O–H groups in total. The Bertz CT molecular complexity index is 525. The second kappa shape index (κ2) is 6.08. The van der Waals surface area contributed by atoms with Crippen molar-refractivity contribution in [2.24, 2.45) is 5.73 Å². The van der Waals surface area contributed by atoms with Gasteiger partial charge in [0.1, 0.15) is 5.75 Å². The summed E-state index contributed by atoms with van der Waals surface area (Å²) in [6.07, 6.45) is 1.94. The normalized spacial score (nSPS) is 12.5. The minimum atomic E-state index is -0.269. The van der Waals surface area contributed by atoms with E-state index >= 15 is 0 Å². The number of primary amides is 1. The first-order valence-corrected chi connectivity index (χ1v) is 7.58. The Hall–Kier alpha value is -1.51. The van der Waals surface area contributed by atoms with Crippen LogP contribution in [-0.2, 0) is 15.6 Å². The average Bonchev–Trinajstić information content (AvgIpc) is 2.29. The number of rotatable bonds is 5. The van der Waals surface area contributed by atoms with Gasteiger partial charge in [-0.05, 0) is 36.2 Å². The van der Waals surface area contributed by atoms with Crippen molar-refractivity contribution in [2.75, 3.05) is 0 Å². The molecule has 0 unspecified atom stereocenters. The van der Waals surface area contributed by atoms with Gasteiger partial charge in [-0.3, -0.25) is 4.79 Å². The van der Waals surface area contributed by atoms with Gasteiger partial charge in [0.2, 0.25) is 5.91 Å². The van der Waals surface area contributed by atoms with Gasteiger partial charge in [0.05, 0.1) is 0 Å². The Morgan fingerprint density at radius 1 is 1.14 bits per heavy atom. The number of amides is 1. The number of carbonyl (C=O) groups excluding carboxylic acids is 1. The van der Waals surface area contributed by atoms with Gasteiger partial charge < -0.3 is 10.8 Å². The maximum Gasteiger partial charge on any atom is 0.217 e. The summed E-state index contributed by atoms with van der Waals surface area (Å²) >= 11 is 0. The van der Waals surface area contributed by atoms with Crippen LogP contribution in [0.2, 0.25) is 0 Å². The molecular weight excluding hydrogens is 262 g/mol. The van der Waals surface area contributed by atoms with Gasteiger partial charge in [0.15, 0.2) is 0 Å². The molecule has 0 bridgehead atoms. The molecule has 118 valence electrons. The number of phenolic OH excluding ortho intramolecular Hbond substituents is 1. The van der Waals surface area contributed by atoms with Gasteiger partial charge in [-0.25, -0.2) is 0 Å². The van der Waals surface area contributed by atoms with Crippen LogP contribution in [0.1, 0.15) is 70.6 Å². The van der Waals surface area contributed by atoms with Crippen LogP contribution >= 0.6 is 0 Å². The lowest BCUT2D eigenvalue weighted by Gasteiger charge is -2.30. The highest BCUT2D eigenvalue weighted by atomic mass is 16.3. The Kier molecular flexibility index (Phi) is 5.08. The van der Waals surface area contributed by atoms with E-state index in [1.54, 1.807) is 0 Å². The number of aryl methyl sites for hydroxylation is 1. The monoisotopic (exact) mass is 291 g/mol. The molecular formula is C18H29NO2. The SMILES string of the molecule is Cc1cc(C(C)(C)C)c(O)c(C(C)(C)CCCC(N)=O)c1. The summed E-state index contributed by atoms with van der Waals surface area (Å²) in [5.74, 6) is 0.117. The van der Waals surface area contributed by atoms with E-state index in [1.807, 2.05) is 0 Å². The molecule has 0 atom stereocenters. The Morgan fingerprint density at radius 2 is 1.67 bits per heavy atom. The molecule has 1 amide bonds. The quantitative estimate of drug-likeness (QED) is 0.863. The van der Waals surface area contributed by atoms with Crippen LogP contribution in [0.4, 0.5) is 0 Å². The highest BCUT2D eigenvalue weighted by Crippen LogP contribution is 2.41. The first-order chi connectivity index (χ1) is 9.45. The molecule has 3 heteroatoms. The van der Waals surface area contributed by atoms with Gasteiger partial charge in [0, 0.05) is 12.0 Å². The van der Waals surface area contributed by atoms with Crippen molar-refractivity contribution < 1.29 is 9.90 Å². The van der Waals surface area contributed by atoms with Crippen LogP contribution in [0.15, 0.2) is 12.1 Å². The first-order valence-electron chi connectivity index (χ1n) is 7.58. The minimum absolute atomic E-state index is 0.103. The molecule has 0 fully saturated rings. The molecule has 21 heavy (non-hydrogen) atoms. The van der Waals surface area contributed by atoms with Crippen molar-refractivity contribution in [2.45, 2.75) is 71.6 Å². The molecule has 0 heterocycles. The lowest BCUT2D eigenvalue weighted by Crippen LogP contribution is -2.21. The van der Waals surface area contributed by atoms with Crippen LogP contribution in [0.25, 0.3) is 0 Å². The van der Waals surface area contributed by atoms with Crippen molar-refractivity contribution in [3.8, 4) is 5.75 Å². The van der Waals surface area contributed by atoms with E-state index in [0.29, 0.717) is 12.2 Å².